The van der Waals surface area contributed by atoms with E-state index in [1.54, 1.807) is 61.3 Å². The van der Waals surface area contributed by atoms with Gasteiger partial charge in [-0.2, -0.15) is 0 Å². The Hall–Kier alpha value is -2.95. The zero-order chi connectivity index (χ0) is 17.3. The number of aromatic nitrogens is 1. The van der Waals surface area contributed by atoms with Gasteiger partial charge in [-0.25, -0.2) is 0 Å². The maximum absolute atomic E-state index is 12.9. The van der Waals surface area contributed by atoms with Crippen LogP contribution in [0.1, 0.15) is 6.92 Å². The van der Waals surface area contributed by atoms with Crippen molar-refractivity contribution in [1.29, 1.82) is 0 Å². The Morgan fingerprint density at radius 1 is 1.00 bits per heavy atom. The predicted molar refractivity (Wildman–Crippen MR) is 94.1 cm³/mol. The molecule has 5 heteroatoms. The van der Waals surface area contributed by atoms with Crippen LogP contribution in [0, 0.1) is 0 Å². The number of fused-ring (bicyclic) bond motifs is 1. The van der Waals surface area contributed by atoms with E-state index in [4.69, 9.17) is 9.47 Å². The van der Waals surface area contributed by atoms with E-state index in [-0.39, 0.29) is 16.9 Å². The molecule has 1 N–H and O–H groups in total. The van der Waals surface area contributed by atoms with E-state index in [9.17, 15) is 9.90 Å². The molecule has 0 saturated carbocycles. The summed E-state index contributed by atoms with van der Waals surface area (Å²) in [6.07, 6.45) is 0. The molecule has 0 unspecified atom stereocenters. The van der Waals surface area contributed by atoms with Crippen LogP contribution >= 0.6 is 0 Å². The van der Waals surface area contributed by atoms with Gasteiger partial charge in [0.05, 0.1) is 25.3 Å². The summed E-state index contributed by atoms with van der Waals surface area (Å²) in [5.74, 6) is 1.31. The summed E-state index contributed by atoms with van der Waals surface area (Å²) in [6.45, 7) is 2.39. The van der Waals surface area contributed by atoms with Crippen molar-refractivity contribution in [3.8, 4) is 28.4 Å². The largest absolute Gasteiger partial charge is 0.506 e. The summed E-state index contributed by atoms with van der Waals surface area (Å²) in [5, 5.41) is 11.3. The summed E-state index contributed by atoms with van der Waals surface area (Å²) in [6, 6.07) is 12.4. The van der Waals surface area contributed by atoms with Gasteiger partial charge in [0.2, 0.25) is 0 Å². The van der Waals surface area contributed by atoms with Crippen molar-refractivity contribution in [2.75, 3.05) is 14.2 Å². The summed E-state index contributed by atoms with van der Waals surface area (Å²) in [5.41, 5.74) is 1.35. The molecular formula is C19H19NO4. The van der Waals surface area contributed by atoms with Crippen LogP contribution in [-0.4, -0.2) is 23.9 Å². The highest BCUT2D eigenvalue weighted by Gasteiger charge is 2.17. The van der Waals surface area contributed by atoms with Crippen molar-refractivity contribution in [3.05, 3.63) is 52.8 Å². The number of nitrogens with zero attached hydrogens (tertiary/aromatic N) is 1. The van der Waals surface area contributed by atoms with Crippen LogP contribution in [0.25, 0.3) is 22.0 Å². The van der Waals surface area contributed by atoms with Gasteiger partial charge >= 0.3 is 0 Å². The molecule has 1 heterocycles. The molecule has 5 nitrogen and oxygen atoms in total. The zero-order valence-corrected chi connectivity index (χ0v) is 13.9. The maximum Gasteiger partial charge on any atom is 0.262 e. The predicted octanol–water partition coefficient (Wildman–Crippen LogP) is 3.41. The lowest BCUT2D eigenvalue weighted by atomic mass is 10.0. The summed E-state index contributed by atoms with van der Waals surface area (Å²) in [4.78, 5) is 12.9. The molecule has 0 amide bonds. The van der Waals surface area contributed by atoms with Crippen molar-refractivity contribution < 1.29 is 14.6 Å². The number of hydrogen-bond donors (Lipinski definition) is 1. The van der Waals surface area contributed by atoms with Crippen molar-refractivity contribution in [3.63, 3.8) is 0 Å². The average Bonchev–Trinajstić information content (AvgIpc) is 2.62. The Bertz CT molecular complexity index is 942. The minimum Gasteiger partial charge on any atom is -0.506 e. The molecule has 0 bridgehead atoms. The fourth-order valence-corrected chi connectivity index (χ4v) is 2.87. The minimum absolute atomic E-state index is 0.0208. The first-order valence-electron chi connectivity index (χ1n) is 7.68. The Labute approximate surface area is 139 Å². The Morgan fingerprint density at radius 3 is 2.21 bits per heavy atom. The van der Waals surface area contributed by atoms with Gasteiger partial charge in [0.25, 0.3) is 5.56 Å². The molecule has 0 fully saturated rings. The van der Waals surface area contributed by atoms with Crippen LogP contribution in [0.5, 0.6) is 17.2 Å². The van der Waals surface area contributed by atoms with Crippen LogP contribution in [-0.2, 0) is 6.54 Å². The van der Waals surface area contributed by atoms with Gasteiger partial charge in [0.15, 0.2) is 0 Å². The quantitative estimate of drug-likeness (QED) is 0.798. The molecule has 24 heavy (non-hydrogen) atoms. The summed E-state index contributed by atoms with van der Waals surface area (Å²) < 4.78 is 12.0. The lowest BCUT2D eigenvalue weighted by Crippen LogP contribution is -2.21. The molecule has 124 valence electrons. The third kappa shape index (κ3) is 2.48. The van der Waals surface area contributed by atoms with E-state index >= 15 is 0 Å². The Morgan fingerprint density at radius 2 is 1.62 bits per heavy atom. The number of methoxy groups -OCH3 is 2. The van der Waals surface area contributed by atoms with Gasteiger partial charge in [0, 0.05) is 18.0 Å². The Kier molecular flexibility index (Phi) is 4.16. The van der Waals surface area contributed by atoms with E-state index in [1.165, 1.54) is 0 Å². The smallest absolute Gasteiger partial charge is 0.262 e. The molecule has 1 aromatic heterocycles. The molecule has 0 atom stereocenters. The first-order valence-corrected chi connectivity index (χ1v) is 7.68. The molecule has 0 spiro atoms. The summed E-state index contributed by atoms with van der Waals surface area (Å²) >= 11 is 0. The molecule has 3 aromatic rings. The van der Waals surface area contributed by atoms with Crippen LogP contribution in [0.15, 0.2) is 47.3 Å². The SMILES string of the molecule is CCn1c(=O)c(-c2ccc(OC)cc2)c(O)c2ccc(OC)cc21. The topological polar surface area (TPSA) is 60.7 Å². The van der Waals surface area contributed by atoms with E-state index < -0.39 is 0 Å². The van der Waals surface area contributed by atoms with Gasteiger partial charge in [0.1, 0.15) is 17.2 Å². The van der Waals surface area contributed by atoms with Gasteiger partial charge < -0.3 is 19.1 Å². The second kappa shape index (κ2) is 6.28. The number of aromatic hydroxyl groups is 1. The van der Waals surface area contributed by atoms with Gasteiger partial charge in [-0.05, 0) is 36.8 Å². The maximum atomic E-state index is 12.9. The highest BCUT2D eigenvalue weighted by Crippen LogP contribution is 2.35. The van der Waals surface area contributed by atoms with Crippen LogP contribution in [0.4, 0.5) is 0 Å². The van der Waals surface area contributed by atoms with Crippen LogP contribution in [0.2, 0.25) is 0 Å². The van der Waals surface area contributed by atoms with Crippen molar-refractivity contribution in [2.45, 2.75) is 13.5 Å². The lowest BCUT2D eigenvalue weighted by Gasteiger charge is -2.15. The summed E-state index contributed by atoms with van der Waals surface area (Å²) in [7, 11) is 3.15. The van der Waals surface area contributed by atoms with E-state index in [0.717, 1.165) is 0 Å². The minimum atomic E-state index is -0.235. The number of rotatable bonds is 4. The molecule has 3 rings (SSSR count). The average molecular weight is 325 g/mol. The van der Waals surface area contributed by atoms with Crippen molar-refractivity contribution >= 4 is 10.9 Å². The molecule has 2 aromatic carbocycles. The number of ether oxygens (including phenoxy) is 2. The third-order valence-corrected chi connectivity index (χ3v) is 4.14. The highest BCUT2D eigenvalue weighted by atomic mass is 16.5. The monoisotopic (exact) mass is 325 g/mol. The first-order chi connectivity index (χ1) is 11.6. The van der Waals surface area contributed by atoms with Crippen molar-refractivity contribution in [1.82, 2.24) is 4.57 Å². The highest BCUT2D eigenvalue weighted by molar-refractivity contribution is 5.93. The molecule has 0 aliphatic rings. The second-order valence-electron chi connectivity index (χ2n) is 5.38. The van der Waals surface area contributed by atoms with E-state index in [0.29, 0.717) is 34.5 Å². The Balaban J connectivity index is 2.34. The molecule has 0 aliphatic heterocycles. The molecular weight excluding hydrogens is 306 g/mol. The van der Waals surface area contributed by atoms with E-state index in [1.807, 2.05) is 6.92 Å². The van der Waals surface area contributed by atoms with Gasteiger partial charge in [-0.1, -0.05) is 12.1 Å². The number of aryl methyl sites for hydroxylation is 1. The molecule has 0 aliphatic carbocycles. The zero-order valence-electron chi connectivity index (χ0n) is 13.9. The van der Waals surface area contributed by atoms with Crippen LogP contribution in [0.3, 0.4) is 0 Å². The van der Waals surface area contributed by atoms with Crippen LogP contribution < -0.4 is 15.0 Å². The number of hydrogen-bond acceptors (Lipinski definition) is 4. The fourth-order valence-electron chi connectivity index (χ4n) is 2.87. The number of benzene rings is 2. The first kappa shape index (κ1) is 15.9. The fraction of sp³-hybridized carbons (Fsp3) is 0.211. The second-order valence-corrected chi connectivity index (χ2v) is 5.38. The van der Waals surface area contributed by atoms with Gasteiger partial charge in [-0.3, -0.25) is 4.79 Å². The van der Waals surface area contributed by atoms with Crippen molar-refractivity contribution in [2.24, 2.45) is 0 Å². The van der Waals surface area contributed by atoms with Gasteiger partial charge in [-0.15, -0.1) is 0 Å². The lowest BCUT2D eigenvalue weighted by molar-refractivity contribution is 0.414. The standard InChI is InChI=1S/C19H19NO4/c1-4-20-16-11-14(24-3)9-10-15(16)18(21)17(19(20)22)12-5-7-13(23-2)8-6-12/h5-11,21H,4H2,1-3H3. The normalized spacial score (nSPS) is 10.8. The third-order valence-electron chi connectivity index (χ3n) is 4.14. The molecule has 0 saturated heterocycles. The number of pyridine rings is 1. The van der Waals surface area contributed by atoms with E-state index in [2.05, 4.69) is 0 Å². The molecule has 0 radical (unpaired) electrons.